The van der Waals surface area contributed by atoms with Crippen LogP contribution in [0.5, 0.6) is 0 Å². The van der Waals surface area contributed by atoms with Crippen molar-refractivity contribution in [2.24, 2.45) is 0 Å². The van der Waals surface area contributed by atoms with Crippen LogP contribution in [0.4, 0.5) is 5.69 Å². The summed E-state index contributed by atoms with van der Waals surface area (Å²) in [4.78, 5) is 19.3. The van der Waals surface area contributed by atoms with Crippen LogP contribution < -0.4 is 5.06 Å². The fourth-order valence-corrected chi connectivity index (χ4v) is 3.67. The highest BCUT2D eigenvalue weighted by atomic mass is 32.2. The third kappa shape index (κ3) is 4.39. The molecule has 0 bridgehead atoms. The summed E-state index contributed by atoms with van der Waals surface area (Å²) in [6.45, 7) is 0. The van der Waals surface area contributed by atoms with Gasteiger partial charge in [0.15, 0.2) is 0 Å². The lowest BCUT2D eigenvalue weighted by Crippen LogP contribution is -2.29. The lowest BCUT2D eigenvalue weighted by molar-refractivity contribution is 0.0773. The molecule has 0 spiro atoms. The minimum Gasteiger partial charge on any atom is -0.269 e. The van der Waals surface area contributed by atoms with Crippen LogP contribution in [0.3, 0.4) is 0 Å². The van der Waals surface area contributed by atoms with Gasteiger partial charge < -0.3 is 0 Å². The standard InChI is InChI=1S/C23H19N3O2S/c1-28-26(23(27)18-9-4-2-5-10-18)20-12-8-11-19(17-20)25-16-15-22(24-25)29-21-13-6-3-7-14-21/h2-17H,1H3. The molecule has 6 heteroatoms. The minimum absolute atomic E-state index is 0.231. The molecule has 1 amide bonds. The molecule has 0 radical (unpaired) electrons. The molecule has 144 valence electrons. The van der Waals surface area contributed by atoms with Crippen LogP contribution in [0.2, 0.25) is 0 Å². The zero-order valence-electron chi connectivity index (χ0n) is 15.8. The minimum atomic E-state index is -0.231. The molecule has 29 heavy (non-hydrogen) atoms. The molecular formula is C23H19N3O2S. The lowest BCUT2D eigenvalue weighted by Gasteiger charge is -2.20. The third-order valence-electron chi connectivity index (χ3n) is 4.25. The normalized spacial score (nSPS) is 10.7. The SMILES string of the molecule is CON(C(=O)c1ccccc1)c1cccc(-n2ccc(Sc3ccccc3)n2)c1. The first-order valence-electron chi connectivity index (χ1n) is 9.07. The van der Waals surface area contributed by atoms with Gasteiger partial charge in [-0.2, -0.15) is 10.2 Å². The van der Waals surface area contributed by atoms with Crippen LogP contribution in [0.1, 0.15) is 10.4 Å². The smallest absolute Gasteiger partial charge is 0.269 e. The van der Waals surface area contributed by atoms with Gasteiger partial charge in [-0.05, 0) is 48.5 Å². The van der Waals surface area contributed by atoms with Crippen molar-refractivity contribution in [1.82, 2.24) is 9.78 Å². The average Bonchev–Trinajstić information content (AvgIpc) is 3.24. The highest BCUT2D eigenvalue weighted by molar-refractivity contribution is 7.99. The van der Waals surface area contributed by atoms with E-state index in [1.807, 2.05) is 72.9 Å². The Morgan fingerprint density at radius 1 is 0.931 bits per heavy atom. The second kappa shape index (κ2) is 8.77. The summed E-state index contributed by atoms with van der Waals surface area (Å²) in [7, 11) is 1.48. The number of hydrogen-bond acceptors (Lipinski definition) is 4. The molecule has 0 saturated carbocycles. The molecule has 5 nitrogen and oxygen atoms in total. The van der Waals surface area contributed by atoms with E-state index in [0.29, 0.717) is 11.3 Å². The number of carbonyl (C=O) groups is 1. The summed E-state index contributed by atoms with van der Waals surface area (Å²) in [6, 6.07) is 28.6. The molecule has 1 heterocycles. The Bertz CT molecular complexity index is 1100. The largest absolute Gasteiger partial charge is 0.282 e. The van der Waals surface area contributed by atoms with Crippen molar-refractivity contribution in [2.45, 2.75) is 9.92 Å². The number of amides is 1. The monoisotopic (exact) mass is 401 g/mol. The van der Waals surface area contributed by atoms with Gasteiger partial charge in [0.1, 0.15) is 5.03 Å². The molecule has 0 atom stereocenters. The number of rotatable bonds is 6. The molecule has 0 aliphatic heterocycles. The molecule has 0 unspecified atom stereocenters. The van der Waals surface area contributed by atoms with E-state index in [1.165, 1.54) is 12.2 Å². The Balaban J connectivity index is 1.58. The van der Waals surface area contributed by atoms with Crippen molar-refractivity contribution < 1.29 is 9.63 Å². The van der Waals surface area contributed by atoms with Crippen molar-refractivity contribution >= 4 is 23.4 Å². The van der Waals surface area contributed by atoms with E-state index >= 15 is 0 Å². The number of anilines is 1. The first-order valence-corrected chi connectivity index (χ1v) is 9.89. The summed E-state index contributed by atoms with van der Waals surface area (Å²) in [5.74, 6) is -0.231. The maximum atomic E-state index is 12.8. The molecule has 4 aromatic rings. The second-order valence-corrected chi connectivity index (χ2v) is 7.28. The summed E-state index contributed by atoms with van der Waals surface area (Å²) < 4.78 is 1.79. The first-order chi connectivity index (χ1) is 14.2. The van der Waals surface area contributed by atoms with Gasteiger partial charge in [-0.15, -0.1) is 0 Å². The molecule has 3 aromatic carbocycles. The molecule has 0 saturated heterocycles. The fourth-order valence-electron chi connectivity index (χ4n) is 2.88. The van der Waals surface area contributed by atoms with Crippen LogP contribution in [-0.4, -0.2) is 22.8 Å². The Morgan fingerprint density at radius 3 is 2.38 bits per heavy atom. The van der Waals surface area contributed by atoms with Crippen molar-refractivity contribution in [3.8, 4) is 5.69 Å². The van der Waals surface area contributed by atoms with E-state index < -0.39 is 0 Å². The summed E-state index contributed by atoms with van der Waals surface area (Å²) in [5, 5.41) is 6.81. The van der Waals surface area contributed by atoms with Gasteiger partial charge in [0.2, 0.25) is 0 Å². The van der Waals surface area contributed by atoms with Crippen LogP contribution >= 0.6 is 11.8 Å². The molecule has 0 fully saturated rings. The number of benzene rings is 3. The Kier molecular flexibility index (Phi) is 5.74. The first kappa shape index (κ1) is 19.0. The van der Waals surface area contributed by atoms with Crippen molar-refractivity contribution in [3.63, 3.8) is 0 Å². The zero-order valence-corrected chi connectivity index (χ0v) is 16.6. The second-order valence-electron chi connectivity index (χ2n) is 6.18. The summed E-state index contributed by atoms with van der Waals surface area (Å²) in [6.07, 6.45) is 1.90. The molecule has 4 rings (SSSR count). The van der Waals surface area contributed by atoms with E-state index in [-0.39, 0.29) is 5.91 Å². The van der Waals surface area contributed by atoms with Crippen LogP contribution in [-0.2, 0) is 4.84 Å². The maximum absolute atomic E-state index is 12.8. The van der Waals surface area contributed by atoms with E-state index in [2.05, 4.69) is 17.2 Å². The van der Waals surface area contributed by atoms with Gasteiger partial charge >= 0.3 is 0 Å². The topological polar surface area (TPSA) is 47.4 Å². The summed E-state index contributed by atoms with van der Waals surface area (Å²) >= 11 is 1.60. The van der Waals surface area contributed by atoms with Gasteiger partial charge in [0.25, 0.3) is 5.91 Å². The number of nitrogens with zero attached hydrogens (tertiary/aromatic N) is 3. The van der Waals surface area contributed by atoms with Crippen molar-refractivity contribution in [1.29, 1.82) is 0 Å². The molecule has 0 aliphatic rings. The van der Waals surface area contributed by atoms with E-state index in [4.69, 9.17) is 4.84 Å². The van der Waals surface area contributed by atoms with E-state index in [0.717, 1.165) is 15.6 Å². The molecule has 0 N–H and O–H groups in total. The van der Waals surface area contributed by atoms with Gasteiger partial charge in [-0.3, -0.25) is 9.63 Å². The predicted molar refractivity (Wildman–Crippen MR) is 114 cm³/mol. The van der Waals surface area contributed by atoms with Crippen molar-refractivity contribution in [3.05, 3.63) is 103 Å². The van der Waals surface area contributed by atoms with Gasteiger partial charge in [0, 0.05) is 16.7 Å². The number of carbonyl (C=O) groups excluding carboxylic acids is 1. The van der Waals surface area contributed by atoms with Crippen LogP contribution in [0.15, 0.2) is 107 Å². The Labute approximate surface area is 173 Å². The zero-order chi connectivity index (χ0) is 20.1. The number of hydrogen-bond donors (Lipinski definition) is 0. The van der Waals surface area contributed by atoms with Crippen molar-refractivity contribution in [2.75, 3.05) is 12.2 Å². The Hall–Kier alpha value is -3.35. The molecule has 0 aliphatic carbocycles. The quantitative estimate of drug-likeness (QED) is 0.415. The van der Waals surface area contributed by atoms with Gasteiger partial charge in [-0.25, -0.2) is 4.68 Å². The fraction of sp³-hybridized carbons (Fsp3) is 0.0435. The average molecular weight is 401 g/mol. The predicted octanol–water partition coefficient (Wildman–Crippen LogP) is 5.23. The third-order valence-corrected chi connectivity index (χ3v) is 5.18. The molecular weight excluding hydrogens is 382 g/mol. The molecule has 1 aromatic heterocycles. The lowest BCUT2D eigenvalue weighted by atomic mass is 10.2. The maximum Gasteiger partial charge on any atom is 0.282 e. The van der Waals surface area contributed by atoms with Crippen LogP contribution in [0.25, 0.3) is 5.69 Å². The van der Waals surface area contributed by atoms with E-state index in [9.17, 15) is 4.79 Å². The van der Waals surface area contributed by atoms with E-state index in [1.54, 1.807) is 28.6 Å². The summed E-state index contributed by atoms with van der Waals surface area (Å²) in [5.41, 5.74) is 2.03. The highest BCUT2D eigenvalue weighted by Crippen LogP contribution is 2.27. The van der Waals surface area contributed by atoms with Gasteiger partial charge in [-0.1, -0.05) is 54.2 Å². The Morgan fingerprint density at radius 2 is 1.66 bits per heavy atom. The van der Waals surface area contributed by atoms with Crippen LogP contribution in [0, 0.1) is 0 Å². The van der Waals surface area contributed by atoms with Gasteiger partial charge in [0.05, 0.1) is 18.5 Å². The number of aromatic nitrogens is 2. The number of hydroxylamine groups is 1. The highest BCUT2D eigenvalue weighted by Gasteiger charge is 2.18.